The summed E-state index contributed by atoms with van der Waals surface area (Å²) in [5.74, 6) is 5.32. The molecule has 23 heavy (non-hydrogen) atoms. The lowest BCUT2D eigenvalue weighted by Crippen LogP contribution is -2.40. The molecule has 0 aromatic heterocycles. The molecule has 0 bridgehead atoms. The molecule has 126 valence electrons. The number of amides is 1. The fourth-order valence-corrected chi connectivity index (χ4v) is 1.59. The average Bonchev–Trinajstić information content (AvgIpc) is 2.35. The van der Waals surface area contributed by atoms with Crippen molar-refractivity contribution in [3.63, 3.8) is 0 Å². The molecule has 0 saturated carbocycles. The molecule has 5 N–H and O–H groups in total. The predicted octanol–water partition coefficient (Wildman–Crippen LogP) is 1.22. The number of anilines is 1. The van der Waals surface area contributed by atoms with Crippen LogP contribution in [0.4, 0.5) is 10.5 Å². The zero-order valence-electron chi connectivity index (χ0n) is 13.1. The average molecular weight is 324 g/mol. The van der Waals surface area contributed by atoms with E-state index in [1.165, 1.54) is 0 Å². The second-order valence-electron chi connectivity index (χ2n) is 5.66. The number of hydrogen-bond acceptors (Lipinski definition) is 5. The van der Waals surface area contributed by atoms with Gasteiger partial charge in [-0.25, -0.2) is 25.8 Å². The van der Waals surface area contributed by atoms with E-state index in [1.807, 2.05) is 0 Å². The molecule has 0 heterocycles. The highest BCUT2D eigenvalue weighted by Crippen LogP contribution is 2.13. The summed E-state index contributed by atoms with van der Waals surface area (Å²) in [6.07, 6.45) is -0.662. The summed E-state index contributed by atoms with van der Waals surface area (Å²) in [5, 5.41) is 15.7. The first-order valence-corrected chi connectivity index (χ1v) is 6.66. The maximum absolute atomic E-state index is 11.8. The Labute approximate surface area is 133 Å². The monoisotopic (exact) mass is 324 g/mol. The second-order valence-corrected chi connectivity index (χ2v) is 5.66. The summed E-state index contributed by atoms with van der Waals surface area (Å²) in [6.45, 7) is 5.30. The predicted molar refractivity (Wildman–Crippen MR) is 84.6 cm³/mol. The van der Waals surface area contributed by atoms with Crippen LogP contribution in [-0.2, 0) is 11.3 Å². The molecule has 0 spiro atoms. The minimum absolute atomic E-state index is 0.0940. The van der Waals surface area contributed by atoms with Crippen LogP contribution >= 0.6 is 0 Å². The van der Waals surface area contributed by atoms with Crippen molar-refractivity contribution in [2.24, 2.45) is 16.7 Å². The third-order valence-electron chi connectivity index (χ3n) is 2.37. The van der Waals surface area contributed by atoms with Crippen LogP contribution in [-0.4, -0.2) is 27.7 Å². The first-order valence-electron chi connectivity index (χ1n) is 6.66. The van der Waals surface area contributed by atoms with Crippen LogP contribution < -0.4 is 16.9 Å². The molecule has 0 aliphatic heterocycles. The van der Waals surface area contributed by atoms with Crippen LogP contribution in [0.1, 0.15) is 26.3 Å². The topological polar surface area (TPSA) is 149 Å². The third kappa shape index (κ3) is 7.09. The number of hydrazine groups is 1. The lowest BCUT2D eigenvalue weighted by atomic mass is 10.2. The number of nitrogens with two attached hydrogens (primary N) is 2. The van der Waals surface area contributed by atoms with Crippen molar-refractivity contribution in [3.05, 3.63) is 39.9 Å². The summed E-state index contributed by atoms with van der Waals surface area (Å²) < 4.78 is 5.14. The molecule has 0 aliphatic rings. The fourth-order valence-electron chi connectivity index (χ4n) is 1.59. The van der Waals surface area contributed by atoms with E-state index in [0.717, 1.165) is 5.01 Å². The number of carbonyl (C=O) groups is 1. The summed E-state index contributed by atoms with van der Waals surface area (Å²) in [6, 6.07) is 6.68. The van der Waals surface area contributed by atoms with Gasteiger partial charge in [-0.05, 0) is 38.5 Å². The molecule has 0 saturated heterocycles. The number of benzene rings is 1. The van der Waals surface area contributed by atoms with E-state index in [1.54, 1.807) is 45.0 Å². The van der Waals surface area contributed by atoms with Gasteiger partial charge in [0.25, 0.3) is 5.96 Å². The molecule has 0 fully saturated rings. The minimum atomic E-state index is -0.906. The summed E-state index contributed by atoms with van der Waals surface area (Å²) >= 11 is 0. The van der Waals surface area contributed by atoms with Crippen molar-refractivity contribution < 1.29 is 14.6 Å². The first kappa shape index (κ1) is 18.2. The van der Waals surface area contributed by atoms with Crippen LogP contribution in [0, 0.1) is 10.1 Å². The highest BCUT2D eigenvalue weighted by Gasteiger charge is 2.20. The molecule has 0 atom stereocenters. The van der Waals surface area contributed by atoms with Gasteiger partial charge in [0, 0.05) is 5.69 Å². The largest absolute Gasteiger partial charge is 0.443 e. The standard InChI is InChI=1S/C13H20N6O4/c1-13(2,3)23-12(20)18(15)8-9-5-4-6-10(7-9)16-11(14)17-19(21)22/h4-7H,8,15H2,1-3H3,(H3,14,16,17). The van der Waals surface area contributed by atoms with E-state index >= 15 is 0 Å². The molecule has 10 heteroatoms. The Morgan fingerprint density at radius 1 is 1.48 bits per heavy atom. The summed E-state index contributed by atoms with van der Waals surface area (Å²) in [5.41, 5.74) is 5.87. The van der Waals surface area contributed by atoms with Gasteiger partial charge in [0.1, 0.15) is 10.7 Å². The normalized spacial score (nSPS) is 11.7. The van der Waals surface area contributed by atoms with Crippen molar-refractivity contribution in [1.82, 2.24) is 5.01 Å². The van der Waals surface area contributed by atoms with E-state index in [2.05, 4.69) is 10.4 Å². The number of nitrogens with zero attached hydrogens (tertiary/aromatic N) is 3. The fraction of sp³-hybridized carbons (Fsp3) is 0.385. The molecule has 1 amide bonds. The van der Waals surface area contributed by atoms with Crippen LogP contribution in [0.25, 0.3) is 0 Å². The van der Waals surface area contributed by atoms with Crippen molar-refractivity contribution in [1.29, 1.82) is 0 Å². The van der Waals surface area contributed by atoms with Crippen molar-refractivity contribution in [2.75, 3.05) is 5.32 Å². The third-order valence-corrected chi connectivity index (χ3v) is 2.37. The van der Waals surface area contributed by atoms with Gasteiger partial charge in [0.2, 0.25) is 0 Å². The molecule has 0 unspecified atom stereocenters. The highest BCUT2D eigenvalue weighted by atomic mass is 16.7. The van der Waals surface area contributed by atoms with E-state index < -0.39 is 16.7 Å². The van der Waals surface area contributed by atoms with Gasteiger partial charge >= 0.3 is 6.09 Å². The number of ether oxygens (including phenoxy) is 1. The van der Waals surface area contributed by atoms with E-state index in [-0.39, 0.29) is 12.5 Å². The first-order chi connectivity index (χ1) is 10.6. The smallest absolute Gasteiger partial charge is 0.424 e. The highest BCUT2D eigenvalue weighted by molar-refractivity contribution is 5.91. The molecule has 10 nitrogen and oxygen atoms in total. The Hall–Kier alpha value is -2.88. The summed E-state index contributed by atoms with van der Waals surface area (Å²) in [7, 11) is 0. The number of rotatable bonds is 4. The van der Waals surface area contributed by atoms with Gasteiger partial charge < -0.3 is 15.8 Å². The molecule has 1 rings (SSSR count). The number of nitro groups is 1. The maximum Gasteiger partial charge on any atom is 0.424 e. The zero-order valence-corrected chi connectivity index (χ0v) is 13.1. The van der Waals surface area contributed by atoms with Crippen molar-refractivity contribution in [2.45, 2.75) is 32.9 Å². The van der Waals surface area contributed by atoms with Gasteiger partial charge in [-0.1, -0.05) is 12.1 Å². The lowest BCUT2D eigenvalue weighted by molar-refractivity contribution is -0.485. The molecular weight excluding hydrogens is 304 g/mol. The Balaban J connectivity index is 2.73. The van der Waals surface area contributed by atoms with Gasteiger partial charge in [-0.2, -0.15) is 0 Å². The Morgan fingerprint density at radius 2 is 2.13 bits per heavy atom. The summed E-state index contributed by atoms with van der Waals surface area (Å²) in [4.78, 5) is 22.0. The zero-order chi connectivity index (χ0) is 17.6. The maximum atomic E-state index is 11.8. The van der Waals surface area contributed by atoms with E-state index in [0.29, 0.717) is 11.3 Å². The Morgan fingerprint density at radius 3 is 2.70 bits per heavy atom. The molecule has 0 aliphatic carbocycles. The molecular formula is C13H20N6O4. The van der Waals surface area contributed by atoms with Crippen molar-refractivity contribution >= 4 is 17.7 Å². The van der Waals surface area contributed by atoms with Crippen LogP contribution in [0.15, 0.2) is 29.4 Å². The van der Waals surface area contributed by atoms with Crippen LogP contribution in [0.2, 0.25) is 0 Å². The molecule has 0 radical (unpaired) electrons. The number of carbonyl (C=O) groups excluding carboxylic acids is 1. The van der Waals surface area contributed by atoms with Gasteiger partial charge in [-0.15, -0.1) is 0 Å². The van der Waals surface area contributed by atoms with Crippen LogP contribution in [0.5, 0.6) is 0 Å². The lowest BCUT2D eigenvalue weighted by Gasteiger charge is -2.24. The van der Waals surface area contributed by atoms with Crippen LogP contribution in [0.3, 0.4) is 0 Å². The number of hydrogen-bond donors (Lipinski definition) is 3. The molecule has 1 aromatic carbocycles. The second kappa shape index (κ2) is 7.40. The van der Waals surface area contributed by atoms with Gasteiger partial charge in [0.15, 0.2) is 5.03 Å². The minimum Gasteiger partial charge on any atom is -0.443 e. The van der Waals surface area contributed by atoms with E-state index in [4.69, 9.17) is 16.3 Å². The number of hydrazone groups is 1. The van der Waals surface area contributed by atoms with Gasteiger partial charge in [0.05, 0.1) is 6.54 Å². The van der Waals surface area contributed by atoms with Gasteiger partial charge in [-0.3, -0.25) is 0 Å². The number of nitrogens with one attached hydrogen (secondary N) is 1. The van der Waals surface area contributed by atoms with E-state index in [9.17, 15) is 14.9 Å². The van der Waals surface area contributed by atoms with Crippen molar-refractivity contribution in [3.8, 4) is 0 Å². The number of guanidine groups is 1. The Bertz CT molecular complexity index is 611. The molecule has 1 aromatic rings. The quantitative estimate of drug-likeness (QED) is 0.188. The Kier molecular flexibility index (Phi) is 5.85. The SMILES string of the molecule is CC(C)(C)OC(=O)N(N)Cc1cccc(NC(N)=N[N+](=O)[O-])c1.